The summed E-state index contributed by atoms with van der Waals surface area (Å²) in [5.41, 5.74) is 0.764. The molecular formula is C12H9ClF3N. The van der Waals surface area contributed by atoms with E-state index in [4.69, 9.17) is 11.6 Å². The van der Waals surface area contributed by atoms with Gasteiger partial charge in [0, 0.05) is 11.8 Å². The van der Waals surface area contributed by atoms with Gasteiger partial charge in [0.2, 0.25) is 0 Å². The molecule has 2 rings (SSSR count). The van der Waals surface area contributed by atoms with Crippen LogP contribution in [0.3, 0.4) is 0 Å². The number of aromatic nitrogens is 1. The number of aryl methyl sites for hydroxylation is 1. The van der Waals surface area contributed by atoms with Gasteiger partial charge in [-0.2, -0.15) is 0 Å². The summed E-state index contributed by atoms with van der Waals surface area (Å²) in [6, 6.07) is 0.486. The van der Waals surface area contributed by atoms with E-state index in [2.05, 4.69) is 4.98 Å². The van der Waals surface area contributed by atoms with Gasteiger partial charge in [0.05, 0.1) is 10.4 Å². The second-order valence-electron chi connectivity index (χ2n) is 3.72. The van der Waals surface area contributed by atoms with E-state index in [1.165, 1.54) is 0 Å². The Labute approximate surface area is 101 Å². The Kier molecular flexibility index (Phi) is 3.00. The maximum absolute atomic E-state index is 13.6. The lowest BCUT2D eigenvalue weighted by atomic mass is 10.1. The molecule has 90 valence electrons. The van der Waals surface area contributed by atoms with Crippen LogP contribution in [0.15, 0.2) is 6.07 Å². The highest BCUT2D eigenvalue weighted by atomic mass is 35.5. The fourth-order valence-electron chi connectivity index (χ4n) is 1.85. The van der Waals surface area contributed by atoms with E-state index in [1.807, 2.05) is 6.92 Å². The zero-order valence-electron chi connectivity index (χ0n) is 9.24. The van der Waals surface area contributed by atoms with Crippen LogP contribution in [-0.2, 0) is 6.42 Å². The van der Waals surface area contributed by atoms with Gasteiger partial charge >= 0.3 is 0 Å². The van der Waals surface area contributed by atoms with Crippen molar-refractivity contribution in [2.45, 2.75) is 20.3 Å². The van der Waals surface area contributed by atoms with Crippen molar-refractivity contribution in [2.75, 3.05) is 0 Å². The van der Waals surface area contributed by atoms with Crippen molar-refractivity contribution in [3.8, 4) is 0 Å². The molecule has 0 aliphatic rings. The van der Waals surface area contributed by atoms with Crippen molar-refractivity contribution < 1.29 is 13.2 Å². The molecule has 1 nitrogen and oxygen atoms in total. The van der Waals surface area contributed by atoms with Gasteiger partial charge in [-0.25, -0.2) is 18.2 Å². The second kappa shape index (κ2) is 4.18. The Morgan fingerprint density at radius 1 is 1.24 bits per heavy atom. The van der Waals surface area contributed by atoms with Gasteiger partial charge in [-0.15, -0.1) is 0 Å². The molecule has 0 saturated heterocycles. The number of nitrogens with zero attached hydrogens (tertiary/aromatic N) is 1. The average Bonchev–Trinajstić information content (AvgIpc) is 2.25. The molecule has 0 unspecified atom stereocenters. The fraction of sp³-hybridized carbons (Fsp3) is 0.250. The molecule has 0 amide bonds. The summed E-state index contributed by atoms with van der Waals surface area (Å²) >= 11 is 6.01. The van der Waals surface area contributed by atoms with Crippen molar-refractivity contribution in [2.24, 2.45) is 0 Å². The first-order valence-electron chi connectivity index (χ1n) is 5.09. The normalized spacial score (nSPS) is 11.2. The van der Waals surface area contributed by atoms with Gasteiger partial charge in [0.1, 0.15) is 11.3 Å². The summed E-state index contributed by atoms with van der Waals surface area (Å²) in [7, 11) is 0. The summed E-state index contributed by atoms with van der Waals surface area (Å²) in [6.07, 6.45) is 0.548. The highest BCUT2D eigenvalue weighted by Crippen LogP contribution is 2.32. The van der Waals surface area contributed by atoms with Crippen LogP contribution in [0, 0.1) is 24.4 Å². The van der Waals surface area contributed by atoms with Crippen molar-refractivity contribution in [1.82, 2.24) is 4.98 Å². The summed E-state index contributed by atoms with van der Waals surface area (Å²) < 4.78 is 40.2. The van der Waals surface area contributed by atoms with E-state index in [0.29, 0.717) is 23.7 Å². The first kappa shape index (κ1) is 12.2. The quantitative estimate of drug-likeness (QED) is 0.700. The first-order valence-corrected chi connectivity index (χ1v) is 5.47. The predicted molar refractivity (Wildman–Crippen MR) is 60.7 cm³/mol. The molecule has 0 N–H and O–H groups in total. The number of hydrogen-bond donors (Lipinski definition) is 0. The standard InChI is InChI=1S/C12H9ClF3N/c1-3-6-5(2)17-12-9(10(6)13)7(14)4-8(15)11(12)16/h4H,3H2,1-2H3. The maximum atomic E-state index is 13.6. The zero-order chi connectivity index (χ0) is 12.7. The molecule has 0 spiro atoms. The van der Waals surface area contributed by atoms with Crippen molar-refractivity contribution in [3.05, 3.63) is 39.8 Å². The molecule has 0 bridgehead atoms. The molecule has 0 atom stereocenters. The van der Waals surface area contributed by atoms with E-state index < -0.39 is 17.5 Å². The van der Waals surface area contributed by atoms with Crippen molar-refractivity contribution in [1.29, 1.82) is 0 Å². The molecule has 2 aromatic rings. The third-order valence-corrected chi connectivity index (χ3v) is 3.12. The molecule has 17 heavy (non-hydrogen) atoms. The number of halogens is 4. The lowest BCUT2D eigenvalue weighted by molar-refractivity contribution is 0.504. The predicted octanol–water partition coefficient (Wildman–Crippen LogP) is 4.18. The lowest BCUT2D eigenvalue weighted by Gasteiger charge is -2.10. The van der Waals surface area contributed by atoms with Gasteiger partial charge in [-0.1, -0.05) is 18.5 Å². The Bertz CT molecular complexity index is 611. The molecular weight excluding hydrogens is 251 g/mol. The molecule has 0 radical (unpaired) electrons. The molecule has 0 aliphatic heterocycles. The Hall–Kier alpha value is -1.29. The number of pyridine rings is 1. The molecule has 1 aromatic carbocycles. The third-order valence-electron chi connectivity index (χ3n) is 2.70. The summed E-state index contributed by atoms with van der Waals surface area (Å²) in [6.45, 7) is 3.46. The van der Waals surface area contributed by atoms with Crippen molar-refractivity contribution in [3.63, 3.8) is 0 Å². The minimum atomic E-state index is -1.26. The van der Waals surface area contributed by atoms with Crippen LogP contribution in [0.25, 0.3) is 10.9 Å². The lowest BCUT2D eigenvalue weighted by Crippen LogP contribution is -2.00. The minimum Gasteiger partial charge on any atom is -0.249 e. The number of hydrogen-bond acceptors (Lipinski definition) is 1. The first-order chi connectivity index (χ1) is 7.97. The summed E-state index contributed by atoms with van der Waals surface area (Å²) in [4.78, 5) is 3.89. The van der Waals surface area contributed by atoms with Crippen LogP contribution in [0.5, 0.6) is 0 Å². The van der Waals surface area contributed by atoms with E-state index in [0.717, 1.165) is 0 Å². The van der Waals surface area contributed by atoms with Gasteiger partial charge in [0.25, 0.3) is 0 Å². The van der Waals surface area contributed by atoms with Crippen LogP contribution in [0.2, 0.25) is 5.02 Å². The average molecular weight is 260 g/mol. The zero-order valence-corrected chi connectivity index (χ0v) is 10.00. The van der Waals surface area contributed by atoms with E-state index in [9.17, 15) is 13.2 Å². The Morgan fingerprint density at radius 2 is 1.88 bits per heavy atom. The van der Waals surface area contributed by atoms with Gasteiger partial charge < -0.3 is 0 Å². The van der Waals surface area contributed by atoms with Crippen molar-refractivity contribution >= 4 is 22.5 Å². The van der Waals surface area contributed by atoms with Gasteiger partial charge in [0.15, 0.2) is 11.6 Å². The minimum absolute atomic E-state index is 0.103. The topological polar surface area (TPSA) is 12.9 Å². The van der Waals surface area contributed by atoms with Crippen LogP contribution < -0.4 is 0 Å². The van der Waals surface area contributed by atoms with Crippen LogP contribution in [0.4, 0.5) is 13.2 Å². The number of benzene rings is 1. The van der Waals surface area contributed by atoms with E-state index in [1.54, 1.807) is 6.92 Å². The fourth-order valence-corrected chi connectivity index (χ4v) is 2.30. The second-order valence-corrected chi connectivity index (χ2v) is 4.10. The monoisotopic (exact) mass is 259 g/mol. The number of rotatable bonds is 1. The van der Waals surface area contributed by atoms with Gasteiger partial charge in [-0.05, 0) is 18.9 Å². The SMILES string of the molecule is CCc1c(C)nc2c(F)c(F)cc(F)c2c1Cl. The van der Waals surface area contributed by atoms with Crippen LogP contribution in [0.1, 0.15) is 18.2 Å². The van der Waals surface area contributed by atoms with Crippen LogP contribution in [-0.4, -0.2) is 4.98 Å². The highest BCUT2D eigenvalue weighted by molar-refractivity contribution is 6.36. The van der Waals surface area contributed by atoms with Gasteiger partial charge in [-0.3, -0.25) is 0 Å². The Morgan fingerprint density at radius 3 is 2.47 bits per heavy atom. The van der Waals surface area contributed by atoms with Crippen LogP contribution >= 0.6 is 11.6 Å². The highest BCUT2D eigenvalue weighted by Gasteiger charge is 2.19. The summed E-state index contributed by atoms with van der Waals surface area (Å²) in [5.74, 6) is -3.33. The largest absolute Gasteiger partial charge is 0.249 e. The number of fused-ring (bicyclic) bond motifs is 1. The molecule has 5 heteroatoms. The molecule has 0 fully saturated rings. The summed E-state index contributed by atoms with van der Waals surface area (Å²) in [5, 5.41) is -0.0561. The molecule has 1 heterocycles. The Balaban J connectivity index is 3.01. The molecule has 1 aromatic heterocycles. The molecule has 0 aliphatic carbocycles. The maximum Gasteiger partial charge on any atom is 0.185 e. The smallest absolute Gasteiger partial charge is 0.185 e. The van der Waals surface area contributed by atoms with E-state index in [-0.39, 0.29) is 15.9 Å². The third kappa shape index (κ3) is 1.76. The van der Waals surface area contributed by atoms with E-state index >= 15 is 0 Å². The molecule has 0 saturated carbocycles.